The molecule has 1 saturated heterocycles. The minimum Gasteiger partial charge on any atom is -0.396 e. The summed E-state index contributed by atoms with van der Waals surface area (Å²) >= 11 is 0. The van der Waals surface area contributed by atoms with Crippen LogP contribution in [0.4, 0.5) is 5.82 Å². The average molecular weight is 285 g/mol. The first-order valence-electron chi connectivity index (χ1n) is 6.40. The number of nitrogens with two attached hydrogens (primary N) is 1. The molecule has 1 aromatic rings. The molecule has 1 atom stereocenters. The second-order valence-electron chi connectivity index (χ2n) is 4.70. The fourth-order valence-electron chi connectivity index (χ4n) is 2.41. The number of aliphatic hydroxyl groups excluding tert-OH is 1. The van der Waals surface area contributed by atoms with Crippen molar-refractivity contribution < 1.29 is 13.5 Å². The highest BCUT2D eigenvalue weighted by Gasteiger charge is 2.33. The summed E-state index contributed by atoms with van der Waals surface area (Å²) < 4.78 is 26.6. The van der Waals surface area contributed by atoms with E-state index < -0.39 is 10.0 Å². The van der Waals surface area contributed by atoms with E-state index in [1.54, 1.807) is 0 Å². The molecule has 1 unspecified atom stereocenters. The van der Waals surface area contributed by atoms with Crippen LogP contribution in [0.15, 0.2) is 23.2 Å². The molecule has 0 amide bonds. The lowest BCUT2D eigenvalue weighted by Gasteiger charge is -2.34. The highest BCUT2D eigenvalue weighted by atomic mass is 32.2. The Morgan fingerprint density at radius 3 is 2.84 bits per heavy atom. The second kappa shape index (κ2) is 5.85. The minimum atomic E-state index is -3.55. The van der Waals surface area contributed by atoms with E-state index in [-0.39, 0.29) is 17.5 Å². The first kappa shape index (κ1) is 14.2. The maximum atomic E-state index is 12.5. The van der Waals surface area contributed by atoms with Crippen LogP contribution >= 0.6 is 0 Å². The van der Waals surface area contributed by atoms with Crippen molar-refractivity contribution in [2.24, 2.45) is 0 Å². The lowest BCUT2D eigenvalue weighted by molar-refractivity contribution is 0.192. The summed E-state index contributed by atoms with van der Waals surface area (Å²) in [5.74, 6) is 0.296. The van der Waals surface area contributed by atoms with Crippen LogP contribution in [0.5, 0.6) is 0 Å². The van der Waals surface area contributed by atoms with Crippen molar-refractivity contribution in [2.75, 3.05) is 18.9 Å². The number of sulfonamides is 1. The third kappa shape index (κ3) is 3.05. The predicted molar refractivity (Wildman–Crippen MR) is 71.9 cm³/mol. The lowest BCUT2D eigenvalue weighted by Crippen LogP contribution is -2.44. The van der Waals surface area contributed by atoms with Crippen molar-refractivity contribution >= 4 is 15.8 Å². The summed E-state index contributed by atoms with van der Waals surface area (Å²) in [6.07, 6.45) is 4.40. The molecule has 0 aliphatic carbocycles. The van der Waals surface area contributed by atoms with Crippen molar-refractivity contribution in [3.8, 4) is 0 Å². The molecule has 0 radical (unpaired) electrons. The smallest absolute Gasteiger partial charge is 0.244 e. The Labute approximate surface area is 113 Å². The van der Waals surface area contributed by atoms with Gasteiger partial charge >= 0.3 is 0 Å². The molecule has 2 rings (SSSR count). The SMILES string of the molecule is Nc1ccc(S(=O)(=O)N2CCCCC2CCO)cn1. The molecule has 19 heavy (non-hydrogen) atoms. The molecule has 106 valence electrons. The summed E-state index contributed by atoms with van der Waals surface area (Å²) in [7, 11) is -3.55. The van der Waals surface area contributed by atoms with Crippen LogP contribution in [-0.4, -0.2) is 42.0 Å². The molecule has 7 heteroatoms. The Hall–Kier alpha value is -1.18. The summed E-state index contributed by atoms with van der Waals surface area (Å²) in [5, 5.41) is 9.06. The van der Waals surface area contributed by atoms with E-state index in [0.29, 0.717) is 18.8 Å². The number of aromatic nitrogens is 1. The van der Waals surface area contributed by atoms with E-state index in [1.165, 1.54) is 22.6 Å². The fraction of sp³-hybridized carbons (Fsp3) is 0.583. The van der Waals surface area contributed by atoms with Gasteiger partial charge in [0, 0.05) is 25.4 Å². The highest BCUT2D eigenvalue weighted by molar-refractivity contribution is 7.89. The summed E-state index contributed by atoms with van der Waals surface area (Å²) in [5.41, 5.74) is 5.47. The van der Waals surface area contributed by atoms with Crippen molar-refractivity contribution in [3.63, 3.8) is 0 Å². The number of nitrogens with zero attached hydrogens (tertiary/aromatic N) is 2. The first-order valence-corrected chi connectivity index (χ1v) is 7.84. The van der Waals surface area contributed by atoms with Crippen LogP contribution in [-0.2, 0) is 10.0 Å². The Bertz CT molecular complexity index is 514. The maximum Gasteiger partial charge on any atom is 0.244 e. The molecule has 2 heterocycles. The third-order valence-corrected chi connectivity index (χ3v) is 5.34. The summed E-state index contributed by atoms with van der Waals surface area (Å²) in [6, 6.07) is 2.83. The Morgan fingerprint density at radius 2 is 2.21 bits per heavy atom. The summed E-state index contributed by atoms with van der Waals surface area (Å²) in [6.45, 7) is 0.494. The predicted octanol–water partition coefficient (Wildman–Crippen LogP) is 0.589. The molecule has 1 aliphatic rings. The van der Waals surface area contributed by atoms with E-state index in [1.807, 2.05) is 0 Å². The van der Waals surface area contributed by atoms with Gasteiger partial charge in [-0.3, -0.25) is 0 Å². The van der Waals surface area contributed by atoms with Crippen LogP contribution < -0.4 is 5.73 Å². The van der Waals surface area contributed by atoms with Crippen molar-refractivity contribution in [3.05, 3.63) is 18.3 Å². The van der Waals surface area contributed by atoms with Gasteiger partial charge in [-0.15, -0.1) is 0 Å². The number of piperidine rings is 1. The van der Waals surface area contributed by atoms with Gasteiger partial charge in [0.2, 0.25) is 10.0 Å². The van der Waals surface area contributed by atoms with E-state index in [9.17, 15) is 8.42 Å². The molecule has 1 aliphatic heterocycles. The number of anilines is 1. The number of hydrogen-bond donors (Lipinski definition) is 2. The Balaban J connectivity index is 2.28. The van der Waals surface area contributed by atoms with Gasteiger partial charge in [0.15, 0.2) is 0 Å². The van der Waals surface area contributed by atoms with Gasteiger partial charge in [0.25, 0.3) is 0 Å². The molecule has 6 nitrogen and oxygen atoms in total. The zero-order valence-electron chi connectivity index (χ0n) is 10.7. The van der Waals surface area contributed by atoms with Gasteiger partial charge < -0.3 is 10.8 Å². The van der Waals surface area contributed by atoms with Crippen LogP contribution in [0.1, 0.15) is 25.7 Å². The van der Waals surface area contributed by atoms with Crippen LogP contribution in [0.3, 0.4) is 0 Å². The van der Waals surface area contributed by atoms with Gasteiger partial charge in [0.1, 0.15) is 10.7 Å². The van der Waals surface area contributed by atoms with Crippen molar-refractivity contribution in [1.29, 1.82) is 0 Å². The number of nitrogen functional groups attached to an aromatic ring is 1. The van der Waals surface area contributed by atoms with E-state index >= 15 is 0 Å². The van der Waals surface area contributed by atoms with Crippen molar-refractivity contribution in [2.45, 2.75) is 36.6 Å². The van der Waals surface area contributed by atoms with Crippen LogP contribution in [0.2, 0.25) is 0 Å². The molecule has 0 aromatic carbocycles. The second-order valence-corrected chi connectivity index (χ2v) is 6.59. The van der Waals surface area contributed by atoms with E-state index in [2.05, 4.69) is 4.98 Å². The average Bonchev–Trinajstić information content (AvgIpc) is 2.40. The summed E-state index contributed by atoms with van der Waals surface area (Å²) in [4.78, 5) is 3.99. The van der Waals surface area contributed by atoms with E-state index in [0.717, 1.165) is 19.3 Å². The molecular formula is C12H19N3O3S. The minimum absolute atomic E-state index is 0.00330. The van der Waals surface area contributed by atoms with Crippen molar-refractivity contribution in [1.82, 2.24) is 9.29 Å². The first-order chi connectivity index (χ1) is 9.05. The molecule has 3 N–H and O–H groups in total. The zero-order valence-corrected chi connectivity index (χ0v) is 11.5. The van der Waals surface area contributed by atoms with Crippen LogP contribution in [0.25, 0.3) is 0 Å². The molecule has 0 bridgehead atoms. The Kier molecular flexibility index (Phi) is 4.38. The van der Waals surface area contributed by atoms with E-state index in [4.69, 9.17) is 10.8 Å². The van der Waals surface area contributed by atoms with Gasteiger partial charge in [-0.25, -0.2) is 13.4 Å². The number of aliphatic hydroxyl groups is 1. The lowest BCUT2D eigenvalue weighted by atomic mass is 10.0. The number of rotatable bonds is 4. The van der Waals surface area contributed by atoms with Gasteiger partial charge in [0.05, 0.1) is 0 Å². The standard InChI is InChI=1S/C12H19N3O3S/c13-12-5-4-11(9-14-12)19(17,18)15-7-2-1-3-10(15)6-8-16/h4-5,9-10,16H,1-3,6-8H2,(H2,13,14). The topological polar surface area (TPSA) is 96.5 Å². The monoisotopic (exact) mass is 285 g/mol. The third-order valence-electron chi connectivity index (χ3n) is 3.40. The highest BCUT2D eigenvalue weighted by Crippen LogP contribution is 2.26. The van der Waals surface area contributed by atoms with Crippen LogP contribution in [0, 0.1) is 0 Å². The fourth-order valence-corrected chi connectivity index (χ4v) is 4.08. The largest absolute Gasteiger partial charge is 0.396 e. The van der Waals surface area contributed by atoms with Gasteiger partial charge in [-0.1, -0.05) is 6.42 Å². The molecule has 0 spiro atoms. The molecule has 1 fully saturated rings. The molecule has 1 aromatic heterocycles. The zero-order chi connectivity index (χ0) is 13.9. The van der Waals surface area contributed by atoms with Gasteiger partial charge in [-0.05, 0) is 31.4 Å². The molecule has 0 saturated carbocycles. The quantitative estimate of drug-likeness (QED) is 0.844. The van der Waals surface area contributed by atoms with Gasteiger partial charge in [-0.2, -0.15) is 4.31 Å². The molecular weight excluding hydrogens is 266 g/mol. The normalized spacial score (nSPS) is 21.4. The maximum absolute atomic E-state index is 12.5. The Morgan fingerprint density at radius 1 is 1.42 bits per heavy atom. The number of hydrogen-bond acceptors (Lipinski definition) is 5. The number of pyridine rings is 1.